The summed E-state index contributed by atoms with van der Waals surface area (Å²) in [6.45, 7) is 5.33. The highest BCUT2D eigenvalue weighted by Crippen LogP contribution is 2.11. The maximum atomic E-state index is 11.5. The van der Waals surface area contributed by atoms with E-state index in [4.69, 9.17) is 4.74 Å². The Morgan fingerprint density at radius 3 is 2.82 bits per heavy atom. The van der Waals surface area contributed by atoms with Crippen LogP contribution in [0.5, 0.6) is 0 Å². The molecule has 4 heteroatoms. The van der Waals surface area contributed by atoms with E-state index in [9.17, 15) is 4.79 Å². The molecule has 0 saturated heterocycles. The second-order valence-electron chi connectivity index (χ2n) is 4.36. The first-order valence-corrected chi connectivity index (χ1v) is 5.74. The van der Waals surface area contributed by atoms with E-state index in [1.807, 2.05) is 24.3 Å². The van der Waals surface area contributed by atoms with E-state index in [-0.39, 0.29) is 6.03 Å². The maximum absolute atomic E-state index is 11.5. The largest absolute Gasteiger partial charge is 0.380 e. The van der Waals surface area contributed by atoms with Crippen molar-refractivity contribution in [2.24, 2.45) is 5.92 Å². The standard InChI is InChI=1S/C13H20N2O2/c1-10(2)8-14-13(16)15-12-6-4-5-11(7-12)9-17-3/h4-7,10H,8-9H2,1-3H3,(H2,14,15,16). The molecule has 0 bridgehead atoms. The number of hydrogen-bond donors (Lipinski definition) is 2. The highest BCUT2D eigenvalue weighted by Gasteiger charge is 2.02. The average molecular weight is 236 g/mol. The van der Waals surface area contributed by atoms with Crippen LogP contribution in [0.25, 0.3) is 0 Å². The van der Waals surface area contributed by atoms with Gasteiger partial charge in [0, 0.05) is 19.3 Å². The number of benzene rings is 1. The Balaban J connectivity index is 2.50. The smallest absolute Gasteiger partial charge is 0.319 e. The van der Waals surface area contributed by atoms with Crippen LogP contribution in [0.1, 0.15) is 19.4 Å². The topological polar surface area (TPSA) is 50.4 Å². The Kier molecular flexibility index (Phi) is 5.49. The first kappa shape index (κ1) is 13.5. The van der Waals surface area contributed by atoms with E-state index in [0.717, 1.165) is 11.3 Å². The predicted molar refractivity (Wildman–Crippen MR) is 69.0 cm³/mol. The number of nitrogens with one attached hydrogen (secondary N) is 2. The summed E-state index contributed by atoms with van der Waals surface area (Å²) in [5.74, 6) is 0.445. The Morgan fingerprint density at radius 2 is 2.18 bits per heavy atom. The summed E-state index contributed by atoms with van der Waals surface area (Å²) in [6.07, 6.45) is 0. The van der Waals surface area contributed by atoms with Gasteiger partial charge in [0.25, 0.3) is 0 Å². The van der Waals surface area contributed by atoms with Crippen molar-refractivity contribution >= 4 is 11.7 Å². The number of carbonyl (C=O) groups excluding carboxylic acids is 1. The molecular weight excluding hydrogens is 216 g/mol. The molecule has 4 nitrogen and oxygen atoms in total. The molecule has 1 aromatic carbocycles. The molecule has 0 aliphatic heterocycles. The molecule has 0 fully saturated rings. The van der Waals surface area contributed by atoms with Gasteiger partial charge in [-0.3, -0.25) is 0 Å². The van der Waals surface area contributed by atoms with E-state index in [1.54, 1.807) is 7.11 Å². The molecule has 0 unspecified atom stereocenters. The summed E-state index contributed by atoms with van der Waals surface area (Å²) >= 11 is 0. The summed E-state index contributed by atoms with van der Waals surface area (Å²) in [5.41, 5.74) is 1.81. The summed E-state index contributed by atoms with van der Waals surface area (Å²) in [4.78, 5) is 11.5. The summed E-state index contributed by atoms with van der Waals surface area (Å²) < 4.78 is 5.04. The van der Waals surface area contributed by atoms with Crippen LogP contribution >= 0.6 is 0 Å². The molecule has 0 spiro atoms. The second-order valence-corrected chi connectivity index (χ2v) is 4.36. The van der Waals surface area contributed by atoms with Gasteiger partial charge >= 0.3 is 6.03 Å². The zero-order valence-electron chi connectivity index (χ0n) is 10.6. The van der Waals surface area contributed by atoms with Gasteiger partial charge in [-0.25, -0.2) is 4.79 Å². The van der Waals surface area contributed by atoms with Crippen LogP contribution in [0.2, 0.25) is 0 Å². The highest BCUT2D eigenvalue weighted by molar-refractivity contribution is 5.89. The Hall–Kier alpha value is -1.55. The third kappa shape index (κ3) is 5.36. The lowest BCUT2D eigenvalue weighted by Gasteiger charge is -2.10. The molecule has 2 N–H and O–H groups in total. The zero-order chi connectivity index (χ0) is 12.7. The first-order chi connectivity index (χ1) is 8.11. The number of amides is 2. The van der Waals surface area contributed by atoms with Gasteiger partial charge in [-0.2, -0.15) is 0 Å². The Labute approximate surface area is 102 Å². The molecule has 1 aromatic rings. The quantitative estimate of drug-likeness (QED) is 0.825. The molecule has 2 amide bonds. The molecule has 0 aliphatic rings. The van der Waals surface area contributed by atoms with E-state index in [0.29, 0.717) is 19.1 Å². The number of carbonyl (C=O) groups is 1. The van der Waals surface area contributed by atoms with Crippen molar-refractivity contribution in [2.45, 2.75) is 20.5 Å². The second kappa shape index (κ2) is 6.91. The minimum Gasteiger partial charge on any atom is -0.380 e. The van der Waals surface area contributed by atoms with Gasteiger partial charge in [-0.15, -0.1) is 0 Å². The van der Waals surface area contributed by atoms with Crippen molar-refractivity contribution in [3.63, 3.8) is 0 Å². The SMILES string of the molecule is COCc1cccc(NC(=O)NCC(C)C)c1. The van der Waals surface area contributed by atoms with Crippen LogP contribution in [0.15, 0.2) is 24.3 Å². The van der Waals surface area contributed by atoms with Crippen molar-refractivity contribution in [1.29, 1.82) is 0 Å². The van der Waals surface area contributed by atoms with Gasteiger partial charge in [0.15, 0.2) is 0 Å². The van der Waals surface area contributed by atoms with Crippen LogP contribution in [0.4, 0.5) is 10.5 Å². The van der Waals surface area contributed by atoms with Crippen molar-refractivity contribution in [3.05, 3.63) is 29.8 Å². The van der Waals surface area contributed by atoms with E-state index in [1.165, 1.54) is 0 Å². The molecule has 0 aliphatic carbocycles. The number of hydrogen-bond acceptors (Lipinski definition) is 2. The van der Waals surface area contributed by atoms with Gasteiger partial charge in [0.1, 0.15) is 0 Å². The number of methoxy groups -OCH3 is 1. The minimum absolute atomic E-state index is 0.173. The Bertz CT molecular complexity index is 364. The highest BCUT2D eigenvalue weighted by atomic mass is 16.5. The average Bonchev–Trinajstić information content (AvgIpc) is 2.27. The fraction of sp³-hybridized carbons (Fsp3) is 0.462. The number of ether oxygens (including phenoxy) is 1. The predicted octanol–water partition coefficient (Wildman–Crippen LogP) is 2.61. The lowest BCUT2D eigenvalue weighted by atomic mass is 10.2. The van der Waals surface area contributed by atoms with E-state index < -0.39 is 0 Å². The molecule has 1 rings (SSSR count). The van der Waals surface area contributed by atoms with Crippen LogP contribution < -0.4 is 10.6 Å². The molecule has 0 saturated carbocycles. The normalized spacial score (nSPS) is 10.4. The van der Waals surface area contributed by atoms with Gasteiger partial charge in [-0.05, 0) is 23.6 Å². The summed E-state index contributed by atoms with van der Waals surface area (Å²) in [6, 6.07) is 7.44. The first-order valence-electron chi connectivity index (χ1n) is 5.74. The molecule has 17 heavy (non-hydrogen) atoms. The summed E-state index contributed by atoms with van der Waals surface area (Å²) in [7, 11) is 1.65. The van der Waals surface area contributed by atoms with Crippen molar-refractivity contribution in [3.8, 4) is 0 Å². The fourth-order valence-corrected chi connectivity index (χ4v) is 1.38. The molecular formula is C13H20N2O2. The van der Waals surface area contributed by atoms with Gasteiger partial charge in [0.2, 0.25) is 0 Å². The van der Waals surface area contributed by atoms with Crippen molar-refractivity contribution < 1.29 is 9.53 Å². The van der Waals surface area contributed by atoms with Crippen molar-refractivity contribution in [1.82, 2.24) is 5.32 Å². The molecule has 0 radical (unpaired) electrons. The van der Waals surface area contributed by atoms with Crippen LogP contribution in [-0.4, -0.2) is 19.7 Å². The minimum atomic E-state index is -0.173. The lowest BCUT2D eigenvalue weighted by Crippen LogP contribution is -2.31. The van der Waals surface area contributed by atoms with Crippen LogP contribution in [0, 0.1) is 5.92 Å². The van der Waals surface area contributed by atoms with Crippen LogP contribution in [-0.2, 0) is 11.3 Å². The monoisotopic (exact) mass is 236 g/mol. The fourth-order valence-electron chi connectivity index (χ4n) is 1.38. The third-order valence-corrected chi connectivity index (χ3v) is 2.17. The van der Waals surface area contributed by atoms with Gasteiger partial charge in [0.05, 0.1) is 6.61 Å². The molecule has 94 valence electrons. The molecule has 0 atom stereocenters. The van der Waals surface area contributed by atoms with Gasteiger partial charge in [-0.1, -0.05) is 26.0 Å². The zero-order valence-corrected chi connectivity index (χ0v) is 10.6. The molecule has 0 aromatic heterocycles. The number of anilines is 1. The lowest BCUT2D eigenvalue weighted by molar-refractivity contribution is 0.185. The molecule has 0 heterocycles. The van der Waals surface area contributed by atoms with Gasteiger partial charge < -0.3 is 15.4 Å². The van der Waals surface area contributed by atoms with E-state index >= 15 is 0 Å². The third-order valence-electron chi connectivity index (χ3n) is 2.17. The summed E-state index contributed by atoms with van der Waals surface area (Å²) in [5, 5.41) is 5.59. The van der Waals surface area contributed by atoms with Crippen LogP contribution in [0.3, 0.4) is 0 Å². The van der Waals surface area contributed by atoms with E-state index in [2.05, 4.69) is 24.5 Å². The number of rotatable bonds is 5. The maximum Gasteiger partial charge on any atom is 0.319 e. The van der Waals surface area contributed by atoms with Crippen molar-refractivity contribution in [2.75, 3.05) is 19.0 Å². The Morgan fingerprint density at radius 1 is 1.41 bits per heavy atom. The number of urea groups is 1.